The molecule has 0 spiro atoms. The Morgan fingerprint density at radius 3 is 2.33 bits per heavy atom. The van der Waals surface area contributed by atoms with Crippen LogP contribution in [0.4, 0.5) is 0 Å². The van der Waals surface area contributed by atoms with Crippen molar-refractivity contribution in [1.82, 2.24) is 9.80 Å². The maximum absolute atomic E-state index is 12.1. The third-order valence-corrected chi connectivity index (χ3v) is 3.51. The molecule has 18 heavy (non-hydrogen) atoms. The van der Waals surface area contributed by atoms with Gasteiger partial charge in [0.15, 0.2) is 0 Å². The van der Waals surface area contributed by atoms with Gasteiger partial charge >= 0.3 is 0 Å². The Bertz CT molecular complexity index is 313. The minimum atomic E-state index is 0.0191. The van der Waals surface area contributed by atoms with Crippen molar-refractivity contribution in [1.29, 1.82) is 0 Å². The zero-order valence-electron chi connectivity index (χ0n) is 12.3. The Balaban J connectivity index is 2.60. The highest BCUT2D eigenvalue weighted by Crippen LogP contribution is 2.20. The predicted molar refractivity (Wildman–Crippen MR) is 72.0 cm³/mol. The van der Waals surface area contributed by atoms with Crippen LogP contribution in [0.3, 0.4) is 0 Å². The number of nitrogens with zero attached hydrogens (tertiary/aromatic N) is 2. The van der Waals surface area contributed by atoms with Gasteiger partial charge in [-0.1, -0.05) is 27.7 Å². The highest BCUT2D eigenvalue weighted by Gasteiger charge is 2.31. The van der Waals surface area contributed by atoms with E-state index in [0.717, 1.165) is 19.4 Å². The molecule has 0 aromatic rings. The monoisotopic (exact) mass is 254 g/mol. The summed E-state index contributed by atoms with van der Waals surface area (Å²) in [6.45, 7) is 9.18. The van der Waals surface area contributed by atoms with Gasteiger partial charge in [0.2, 0.25) is 11.8 Å². The maximum atomic E-state index is 12.1. The molecule has 0 aromatic heterocycles. The summed E-state index contributed by atoms with van der Waals surface area (Å²) in [5.74, 6) is 0.420. The van der Waals surface area contributed by atoms with E-state index < -0.39 is 0 Å². The van der Waals surface area contributed by atoms with Gasteiger partial charge in [0.05, 0.1) is 0 Å². The lowest BCUT2D eigenvalue weighted by molar-refractivity contribution is -0.139. The van der Waals surface area contributed by atoms with Crippen molar-refractivity contribution in [2.75, 3.05) is 20.1 Å². The molecule has 1 unspecified atom stereocenters. The predicted octanol–water partition coefficient (Wildman–Crippen LogP) is 1.75. The number of hydrogen-bond donors (Lipinski definition) is 0. The van der Waals surface area contributed by atoms with E-state index in [-0.39, 0.29) is 29.7 Å². The molecule has 1 aliphatic heterocycles. The molecule has 1 aliphatic rings. The molecule has 1 heterocycles. The molecular formula is C14H26N2O2. The fourth-order valence-corrected chi connectivity index (χ4v) is 2.49. The first-order chi connectivity index (χ1) is 8.34. The fourth-order valence-electron chi connectivity index (χ4n) is 2.49. The summed E-state index contributed by atoms with van der Waals surface area (Å²) in [5, 5.41) is 0. The molecule has 0 aromatic carbocycles. The van der Waals surface area contributed by atoms with Crippen LogP contribution >= 0.6 is 0 Å². The average Bonchev–Trinajstić information content (AvgIpc) is 2.74. The second-order valence-corrected chi connectivity index (χ2v) is 5.86. The zero-order valence-corrected chi connectivity index (χ0v) is 12.3. The summed E-state index contributed by atoms with van der Waals surface area (Å²) in [7, 11) is 1.83. The number of likely N-dealkylation sites (N-methyl/N-ethyl adjacent to an activating group) is 1. The Kier molecular flexibility index (Phi) is 5.17. The minimum Gasteiger partial charge on any atom is -0.343 e. The van der Waals surface area contributed by atoms with Gasteiger partial charge in [-0.2, -0.15) is 0 Å². The molecule has 4 nitrogen and oxygen atoms in total. The lowest BCUT2D eigenvalue weighted by atomic mass is 10.1. The maximum Gasteiger partial charge on any atom is 0.225 e. The van der Waals surface area contributed by atoms with Gasteiger partial charge in [-0.3, -0.25) is 9.59 Å². The molecular weight excluding hydrogens is 228 g/mol. The molecule has 1 fully saturated rings. The summed E-state index contributed by atoms with van der Waals surface area (Å²) in [5.41, 5.74) is 0. The van der Waals surface area contributed by atoms with E-state index in [1.54, 1.807) is 4.90 Å². The van der Waals surface area contributed by atoms with Gasteiger partial charge < -0.3 is 9.80 Å². The minimum absolute atomic E-state index is 0.0191. The lowest BCUT2D eigenvalue weighted by Crippen LogP contribution is -2.45. The van der Waals surface area contributed by atoms with Crippen LogP contribution in [0.2, 0.25) is 0 Å². The first kappa shape index (κ1) is 15.0. The first-order valence-corrected chi connectivity index (χ1v) is 6.90. The Hall–Kier alpha value is -1.06. The second kappa shape index (κ2) is 6.21. The zero-order chi connectivity index (χ0) is 13.9. The Morgan fingerprint density at radius 2 is 1.83 bits per heavy atom. The van der Waals surface area contributed by atoms with E-state index in [1.807, 2.05) is 39.6 Å². The van der Waals surface area contributed by atoms with E-state index in [1.165, 1.54) is 0 Å². The van der Waals surface area contributed by atoms with Crippen LogP contribution in [0.1, 0.15) is 40.5 Å². The Morgan fingerprint density at radius 1 is 1.22 bits per heavy atom. The van der Waals surface area contributed by atoms with Crippen LogP contribution in [0.15, 0.2) is 0 Å². The van der Waals surface area contributed by atoms with Crippen molar-refractivity contribution in [3.05, 3.63) is 0 Å². The molecule has 2 amide bonds. The molecule has 0 radical (unpaired) electrons. The molecule has 4 heteroatoms. The molecule has 1 rings (SSSR count). The van der Waals surface area contributed by atoms with Crippen LogP contribution in [0.25, 0.3) is 0 Å². The molecule has 0 N–H and O–H groups in total. The van der Waals surface area contributed by atoms with Gasteiger partial charge in [0.1, 0.15) is 0 Å². The van der Waals surface area contributed by atoms with Crippen LogP contribution in [0.5, 0.6) is 0 Å². The van der Waals surface area contributed by atoms with Crippen LogP contribution < -0.4 is 0 Å². The van der Waals surface area contributed by atoms with Crippen molar-refractivity contribution in [2.45, 2.75) is 46.6 Å². The van der Waals surface area contributed by atoms with E-state index in [2.05, 4.69) is 0 Å². The smallest absolute Gasteiger partial charge is 0.225 e. The van der Waals surface area contributed by atoms with E-state index >= 15 is 0 Å². The summed E-state index contributed by atoms with van der Waals surface area (Å²) in [4.78, 5) is 27.6. The van der Waals surface area contributed by atoms with Crippen molar-refractivity contribution in [2.24, 2.45) is 11.8 Å². The highest BCUT2D eigenvalue weighted by molar-refractivity contribution is 5.79. The highest BCUT2D eigenvalue weighted by atomic mass is 16.2. The molecule has 1 saturated heterocycles. The first-order valence-electron chi connectivity index (χ1n) is 6.90. The SMILES string of the molecule is CC(C)C(=O)N(C)CC1CCCN1C(=O)C(C)C. The number of carbonyl (C=O) groups is 2. The van der Waals surface area contributed by atoms with Gasteiger partial charge in [-0.25, -0.2) is 0 Å². The van der Waals surface area contributed by atoms with Crippen LogP contribution in [-0.2, 0) is 9.59 Å². The third-order valence-electron chi connectivity index (χ3n) is 3.51. The van der Waals surface area contributed by atoms with E-state index in [4.69, 9.17) is 0 Å². The van der Waals surface area contributed by atoms with Gasteiger partial charge in [-0.05, 0) is 12.8 Å². The fraction of sp³-hybridized carbons (Fsp3) is 0.857. The standard InChI is InChI=1S/C14H26N2O2/c1-10(2)13(17)15(5)9-12-7-6-8-16(12)14(18)11(3)4/h10-12H,6-9H2,1-5H3. The molecule has 1 atom stereocenters. The summed E-state index contributed by atoms with van der Waals surface area (Å²) in [6.07, 6.45) is 2.06. The van der Waals surface area contributed by atoms with Crippen LogP contribution in [0, 0.1) is 11.8 Å². The van der Waals surface area contributed by atoms with Gasteiger partial charge in [0, 0.05) is 38.0 Å². The van der Waals surface area contributed by atoms with Gasteiger partial charge in [-0.15, -0.1) is 0 Å². The average molecular weight is 254 g/mol. The number of rotatable bonds is 4. The van der Waals surface area contributed by atoms with Crippen molar-refractivity contribution < 1.29 is 9.59 Å². The number of likely N-dealkylation sites (tertiary alicyclic amines) is 1. The number of amides is 2. The number of carbonyl (C=O) groups excluding carboxylic acids is 2. The summed E-state index contributed by atoms with van der Waals surface area (Å²) in [6, 6.07) is 0.201. The number of hydrogen-bond acceptors (Lipinski definition) is 2. The molecule has 0 aliphatic carbocycles. The lowest BCUT2D eigenvalue weighted by Gasteiger charge is -2.30. The van der Waals surface area contributed by atoms with Crippen molar-refractivity contribution in [3.8, 4) is 0 Å². The van der Waals surface area contributed by atoms with Crippen LogP contribution in [-0.4, -0.2) is 47.8 Å². The quantitative estimate of drug-likeness (QED) is 0.767. The van der Waals surface area contributed by atoms with Gasteiger partial charge in [0.25, 0.3) is 0 Å². The third kappa shape index (κ3) is 3.47. The van der Waals surface area contributed by atoms with E-state index in [0.29, 0.717) is 6.54 Å². The molecule has 0 bridgehead atoms. The van der Waals surface area contributed by atoms with E-state index in [9.17, 15) is 9.59 Å². The largest absolute Gasteiger partial charge is 0.343 e. The van der Waals surface area contributed by atoms with Crippen molar-refractivity contribution in [3.63, 3.8) is 0 Å². The Labute approximate surface area is 110 Å². The summed E-state index contributed by atoms with van der Waals surface area (Å²) < 4.78 is 0. The topological polar surface area (TPSA) is 40.6 Å². The summed E-state index contributed by atoms with van der Waals surface area (Å²) >= 11 is 0. The second-order valence-electron chi connectivity index (χ2n) is 5.86. The molecule has 0 saturated carbocycles. The van der Waals surface area contributed by atoms with Crippen molar-refractivity contribution >= 4 is 11.8 Å². The normalized spacial score (nSPS) is 19.7. The molecule has 104 valence electrons.